The molecule has 3 nitrogen and oxygen atoms in total. The molecule has 0 fully saturated rings. The molecule has 0 aliphatic heterocycles. The highest BCUT2D eigenvalue weighted by atomic mass is 79.9. The van der Waals surface area contributed by atoms with Crippen LogP contribution < -0.4 is 4.74 Å². The van der Waals surface area contributed by atoms with E-state index < -0.39 is 17.4 Å². The van der Waals surface area contributed by atoms with Crippen LogP contribution in [0.25, 0.3) is 0 Å². The Hall–Kier alpha value is -0.820. The lowest BCUT2D eigenvalue weighted by molar-refractivity contribution is -0.275. The first-order valence-electron chi connectivity index (χ1n) is 3.83. The zero-order chi connectivity index (χ0) is 12.5. The molecule has 0 unspecified atom stereocenters. The highest BCUT2D eigenvalue weighted by Gasteiger charge is 2.33. The summed E-state index contributed by atoms with van der Waals surface area (Å²) in [7, 11) is 0. The van der Waals surface area contributed by atoms with Crippen molar-refractivity contribution in [2.75, 3.05) is 0 Å². The van der Waals surface area contributed by atoms with E-state index in [1.165, 1.54) is 6.92 Å². The Balaban J connectivity index is 3.24. The van der Waals surface area contributed by atoms with Crippen molar-refractivity contribution in [3.63, 3.8) is 0 Å². The zero-order valence-electron chi connectivity index (χ0n) is 7.73. The smallest absolute Gasteiger partial charge is 0.403 e. The Bertz CT molecular complexity index is 436. The van der Waals surface area contributed by atoms with Crippen LogP contribution in [0.1, 0.15) is 16.1 Å². The van der Waals surface area contributed by atoms with Gasteiger partial charge in [0.15, 0.2) is 5.75 Å². The predicted molar refractivity (Wildman–Crippen MR) is 53.5 cm³/mol. The second-order valence-electron chi connectivity index (χ2n) is 2.72. The van der Waals surface area contributed by atoms with E-state index in [1.54, 1.807) is 0 Å². The Morgan fingerprint density at radius 1 is 1.56 bits per heavy atom. The van der Waals surface area contributed by atoms with Crippen molar-refractivity contribution in [2.24, 2.45) is 0 Å². The largest absolute Gasteiger partial charge is 0.573 e. The number of aryl methyl sites for hydroxylation is 1. The number of rotatable bonds is 2. The highest BCUT2D eigenvalue weighted by Crippen LogP contribution is 2.34. The molecule has 0 spiro atoms. The average Bonchev–Trinajstić information content (AvgIpc) is 2.07. The van der Waals surface area contributed by atoms with Gasteiger partial charge in [0.05, 0.1) is 21.9 Å². The van der Waals surface area contributed by atoms with Crippen LogP contribution in [0, 0.1) is 6.92 Å². The molecule has 0 aliphatic rings. The molecule has 1 heterocycles. The Morgan fingerprint density at radius 3 is 2.56 bits per heavy atom. The minimum atomic E-state index is -4.86. The van der Waals surface area contributed by atoms with Gasteiger partial charge >= 0.3 is 6.36 Å². The third-order valence-electron chi connectivity index (χ3n) is 1.60. The summed E-state index contributed by atoms with van der Waals surface area (Å²) >= 11 is 8.03. The van der Waals surface area contributed by atoms with Gasteiger partial charge in [-0.05, 0) is 34.5 Å². The lowest BCUT2D eigenvalue weighted by atomic mass is 10.2. The van der Waals surface area contributed by atoms with Crippen LogP contribution in [-0.2, 0) is 0 Å². The standard InChI is InChI=1S/C8H4BrClF3NO2/c1-3-5(7(10)15)6(9)4(2-14-3)16-8(11,12)13/h2H,1H3. The van der Waals surface area contributed by atoms with E-state index >= 15 is 0 Å². The molecule has 0 aromatic carbocycles. The summed E-state index contributed by atoms with van der Waals surface area (Å²) in [6, 6.07) is 0. The minimum absolute atomic E-state index is 0.150. The van der Waals surface area contributed by atoms with Gasteiger partial charge in [0.1, 0.15) is 0 Å². The molecule has 88 valence electrons. The van der Waals surface area contributed by atoms with Crippen molar-refractivity contribution in [1.82, 2.24) is 4.98 Å². The SMILES string of the molecule is Cc1ncc(OC(F)(F)F)c(Br)c1C(=O)Cl. The van der Waals surface area contributed by atoms with Crippen molar-refractivity contribution >= 4 is 32.8 Å². The number of aromatic nitrogens is 1. The molecule has 0 saturated heterocycles. The van der Waals surface area contributed by atoms with Crippen molar-refractivity contribution in [3.05, 3.63) is 21.9 Å². The molecule has 0 amide bonds. The topological polar surface area (TPSA) is 39.2 Å². The number of hydrogen-bond acceptors (Lipinski definition) is 3. The van der Waals surface area contributed by atoms with Gasteiger partial charge in [-0.1, -0.05) is 0 Å². The second-order valence-corrected chi connectivity index (χ2v) is 3.85. The van der Waals surface area contributed by atoms with Crippen LogP contribution in [0.4, 0.5) is 13.2 Å². The molecule has 0 N–H and O–H groups in total. The van der Waals surface area contributed by atoms with Gasteiger partial charge in [0.2, 0.25) is 0 Å². The van der Waals surface area contributed by atoms with Crippen LogP contribution in [0.5, 0.6) is 5.75 Å². The maximum absolute atomic E-state index is 12.0. The van der Waals surface area contributed by atoms with Crippen LogP contribution in [0.3, 0.4) is 0 Å². The molecular weight excluding hydrogens is 314 g/mol. The molecule has 0 saturated carbocycles. The number of halogens is 5. The average molecular weight is 318 g/mol. The summed E-state index contributed by atoms with van der Waals surface area (Å²) < 4.78 is 39.4. The number of carbonyl (C=O) groups is 1. The molecule has 1 rings (SSSR count). The van der Waals surface area contributed by atoms with Crippen LogP contribution >= 0.6 is 27.5 Å². The first kappa shape index (κ1) is 13.2. The van der Waals surface area contributed by atoms with E-state index in [-0.39, 0.29) is 15.7 Å². The molecule has 1 aromatic rings. The number of hydrogen-bond donors (Lipinski definition) is 0. The predicted octanol–water partition coefficient (Wildman–Crippen LogP) is 3.43. The van der Waals surface area contributed by atoms with Gasteiger partial charge in [-0.2, -0.15) is 0 Å². The molecule has 0 bridgehead atoms. The third kappa shape index (κ3) is 3.08. The Morgan fingerprint density at radius 2 is 2.12 bits per heavy atom. The zero-order valence-corrected chi connectivity index (χ0v) is 10.1. The minimum Gasteiger partial charge on any atom is -0.403 e. The van der Waals surface area contributed by atoms with Crippen LogP contribution in [0.2, 0.25) is 0 Å². The molecule has 1 aromatic heterocycles. The first-order chi connectivity index (χ1) is 7.22. The van der Waals surface area contributed by atoms with Gasteiger partial charge in [0, 0.05) is 0 Å². The van der Waals surface area contributed by atoms with E-state index in [2.05, 4.69) is 25.7 Å². The maximum Gasteiger partial charge on any atom is 0.573 e. The van der Waals surface area contributed by atoms with Gasteiger partial charge in [-0.25, -0.2) is 0 Å². The molecule has 16 heavy (non-hydrogen) atoms. The van der Waals surface area contributed by atoms with Crippen molar-refractivity contribution in [1.29, 1.82) is 0 Å². The monoisotopic (exact) mass is 317 g/mol. The maximum atomic E-state index is 12.0. The number of nitrogens with zero attached hydrogens (tertiary/aromatic N) is 1. The summed E-state index contributed by atoms with van der Waals surface area (Å²) in [6.07, 6.45) is -4.00. The molecule has 0 radical (unpaired) electrons. The molecular formula is C8H4BrClF3NO2. The number of pyridine rings is 1. The van der Waals surface area contributed by atoms with Crippen molar-refractivity contribution in [2.45, 2.75) is 13.3 Å². The van der Waals surface area contributed by atoms with E-state index in [4.69, 9.17) is 11.6 Å². The van der Waals surface area contributed by atoms with E-state index in [9.17, 15) is 18.0 Å². The normalized spacial score (nSPS) is 11.4. The fourth-order valence-electron chi connectivity index (χ4n) is 0.983. The second kappa shape index (κ2) is 4.58. The van der Waals surface area contributed by atoms with Crippen LogP contribution in [0.15, 0.2) is 10.7 Å². The summed E-state index contributed by atoms with van der Waals surface area (Å²) in [4.78, 5) is 14.5. The number of alkyl halides is 3. The first-order valence-corrected chi connectivity index (χ1v) is 5.00. The Kier molecular flexibility index (Phi) is 3.80. The summed E-state index contributed by atoms with van der Waals surface area (Å²) in [6.45, 7) is 1.44. The van der Waals surface area contributed by atoms with Gasteiger partial charge in [0.25, 0.3) is 5.24 Å². The van der Waals surface area contributed by atoms with Gasteiger partial charge in [-0.15, -0.1) is 13.2 Å². The number of carbonyl (C=O) groups excluding carboxylic acids is 1. The van der Waals surface area contributed by atoms with E-state index in [1.807, 2.05) is 0 Å². The van der Waals surface area contributed by atoms with Gasteiger partial charge in [-0.3, -0.25) is 9.78 Å². The fraction of sp³-hybridized carbons (Fsp3) is 0.250. The summed E-state index contributed by atoms with van der Waals surface area (Å²) in [5.41, 5.74) is 0.0600. The molecule has 0 atom stereocenters. The summed E-state index contributed by atoms with van der Waals surface area (Å²) in [5.74, 6) is -0.609. The quantitative estimate of drug-likeness (QED) is 0.784. The molecule has 8 heteroatoms. The Labute approximate surface area is 102 Å². The lowest BCUT2D eigenvalue weighted by Crippen LogP contribution is -2.18. The van der Waals surface area contributed by atoms with Crippen LogP contribution in [-0.4, -0.2) is 16.6 Å². The third-order valence-corrected chi connectivity index (χ3v) is 2.57. The fourth-order valence-corrected chi connectivity index (χ4v) is 1.98. The highest BCUT2D eigenvalue weighted by molar-refractivity contribution is 9.10. The van der Waals surface area contributed by atoms with Crippen molar-refractivity contribution < 1.29 is 22.7 Å². The lowest BCUT2D eigenvalue weighted by Gasteiger charge is -2.12. The van der Waals surface area contributed by atoms with Gasteiger partial charge < -0.3 is 4.74 Å². The van der Waals surface area contributed by atoms with Crippen molar-refractivity contribution in [3.8, 4) is 5.75 Å². The van der Waals surface area contributed by atoms with E-state index in [0.717, 1.165) is 6.20 Å². The number of ether oxygens (including phenoxy) is 1. The molecule has 0 aliphatic carbocycles. The summed E-state index contributed by atoms with van der Waals surface area (Å²) in [5, 5.41) is -0.913. The van der Waals surface area contributed by atoms with E-state index in [0.29, 0.717) is 0 Å².